The molecule has 1 unspecified atom stereocenters. The first-order valence-corrected chi connectivity index (χ1v) is 8.11. The number of aliphatic hydroxyl groups is 1. The fourth-order valence-corrected chi connectivity index (χ4v) is 2.85. The molecule has 5 heteroatoms. The minimum absolute atomic E-state index is 0.571. The van der Waals surface area contributed by atoms with E-state index >= 15 is 0 Å². The Morgan fingerprint density at radius 1 is 1.22 bits per heavy atom. The van der Waals surface area contributed by atoms with Crippen molar-refractivity contribution in [2.45, 2.75) is 26.4 Å². The van der Waals surface area contributed by atoms with Crippen molar-refractivity contribution in [2.75, 3.05) is 6.61 Å². The predicted molar refractivity (Wildman–Crippen MR) is 92.1 cm³/mol. The molecule has 3 aromatic rings. The summed E-state index contributed by atoms with van der Waals surface area (Å²) in [6.45, 7) is 4.46. The van der Waals surface area contributed by atoms with Crippen LogP contribution in [0, 0.1) is 0 Å². The van der Waals surface area contributed by atoms with Crippen molar-refractivity contribution in [3.63, 3.8) is 0 Å². The number of nitrogens with zero attached hydrogens (tertiary/aromatic N) is 2. The number of benzene rings is 1. The van der Waals surface area contributed by atoms with Crippen LogP contribution in [0.15, 0.2) is 42.6 Å². The standard InChI is InChI=1S/C18H19ClN2O2/c1-3-14(22)18-17(13-7-5-6-8-15(13)23-4-2)20-16-10-9-12(19)11-21(16)18/h5-11,14,22H,3-4H2,1-2H3. The van der Waals surface area contributed by atoms with Crippen molar-refractivity contribution in [3.05, 3.63) is 53.3 Å². The van der Waals surface area contributed by atoms with Crippen LogP contribution >= 0.6 is 11.6 Å². The molecule has 2 heterocycles. The van der Waals surface area contributed by atoms with Gasteiger partial charge in [0.25, 0.3) is 0 Å². The van der Waals surface area contributed by atoms with Gasteiger partial charge < -0.3 is 9.84 Å². The monoisotopic (exact) mass is 330 g/mol. The van der Waals surface area contributed by atoms with Crippen LogP contribution in [0.25, 0.3) is 16.9 Å². The van der Waals surface area contributed by atoms with Crippen LogP contribution in [0.3, 0.4) is 0 Å². The zero-order valence-corrected chi connectivity index (χ0v) is 13.9. The highest BCUT2D eigenvalue weighted by Crippen LogP contribution is 2.36. The number of hydrogen-bond acceptors (Lipinski definition) is 3. The average molecular weight is 331 g/mol. The zero-order valence-electron chi connectivity index (χ0n) is 13.2. The van der Waals surface area contributed by atoms with Gasteiger partial charge in [0.2, 0.25) is 0 Å². The van der Waals surface area contributed by atoms with Crippen LogP contribution in [0.2, 0.25) is 5.02 Å². The number of ether oxygens (including phenoxy) is 1. The smallest absolute Gasteiger partial charge is 0.137 e. The van der Waals surface area contributed by atoms with Crippen molar-refractivity contribution in [2.24, 2.45) is 0 Å². The van der Waals surface area contributed by atoms with E-state index in [1.54, 1.807) is 12.3 Å². The molecular weight excluding hydrogens is 312 g/mol. The van der Waals surface area contributed by atoms with Gasteiger partial charge in [-0.25, -0.2) is 4.98 Å². The second kappa shape index (κ2) is 6.60. The van der Waals surface area contributed by atoms with Gasteiger partial charge in [-0.15, -0.1) is 0 Å². The number of halogens is 1. The predicted octanol–water partition coefficient (Wildman–Crippen LogP) is 4.50. The summed E-state index contributed by atoms with van der Waals surface area (Å²) in [5.41, 5.74) is 3.08. The lowest BCUT2D eigenvalue weighted by atomic mass is 10.0. The molecule has 1 N–H and O–H groups in total. The molecule has 0 aliphatic heterocycles. The van der Waals surface area contributed by atoms with Crippen molar-refractivity contribution < 1.29 is 9.84 Å². The summed E-state index contributed by atoms with van der Waals surface area (Å²) in [6.07, 6.45) is 1.74. The van der Waals surface area contributed by atoms with Gasteiger partial charge in [0.05, 0.1) is 29.1 Å². The maximum Gasteiger partial charge on any atom is 0.137 e. The summed E-state index contributed by atoms with van der Waals surface area (Å²) in [5.74, 6) is 0.758. The lowest BCUT2D eigenvalue weighted by Crippen LogP contribution is -2.03. The van der Waals surface area contributed by atoms with Crippen LogP contribution in [0.4, 0.5) is 0 Å². The Morgan fingerprint density at radius 2 is 2.00 bits per heavy atom. The van der Waals surface area contributed by atoms with Crippen molar-refractivity contribution in [3.8, 4) is 17.0 Å². The topological polar surface area (TPSA) is 46.8 Å². The molecule has 0 bridgehead atoms. The average Bonchev–Trinajstić information content (AvgIpc) is 2.93. The molecule has 120 valence electrons. The first kappa shape index (κ1) is 15.8. The summed E-state index contributed by atoms with van der Waals surface area (Å²) in [5, 5.41) is 11.1. The maximum absolute atomic E-state index is 10.5. The fourth-order valence-electron chi connectivity index (χ4n) is 2.69. The number of aliphatic hydroxyl groups excluding tert-OH is 1. The molecule has 1 atom stereocenters. The summed E-state index contributed by atoms with van der Waals surface area (Å²) in [7, 11) is 0. The summed E-state index contributed by atoms with van der Waals surface area (Å²) in [6, 6.07) is 11.4. The molecule has 0 aliphatic rings. The van der Waals surface area contributed by atoms with Crippen molar-refractivity contribution in [1.82, 2.24) is 9.38 Å². The van der Waals surface area contributed by atoms with Gasteiger partial charge >= 0.3 is 0 Å². The van der Waals surface area contributed by atoms with E-state index in [0.717, 1.165) is 28.3 Å². The Balaban J connectivity index is 2.29. The Bertz CT molecular complexity index is 829. The van der Waals surface area contributed by atoms with Gasteiger partial charge in [-0.05, 0) is 37.6 Å². The highest BCUT2D eigenvalue weighted by Gasteiger charge is 2.22. The Kier molecular flexibility index (Phi) is 4.55. The number of imidazole rings is 1. The largest absolute Gasteiger partial charge is 0.493 e. The Morgan fingerprint density at radius 3 is 2.74 bits per heavy atom. The highest BCUT2D eigenvalue weighted by atomic mass is 35.5. The maximum atomic E-state index is 10.5. The van der Waals surface area contributed by atoms with E-state index in [-0.39, 0.29) is 0 Å². The molecule has 0 spiro atoms. The number of aromatic nitrogens is 2. The Hall–Kier alpha value is -2.04. The molecule has 4 nitrogen and oxygen atoms in total. The second-order valence-corrected chi connectivity index (χ2v) is 5.71. The van der Waals surface area contributed by atoms with E-state index in [9.17, 15) is 5.11 Å². The number of hydrogen-bond donors (Lipinski definition) is 1. The SMILES string of the molecule is CCOc1ccccc1-c1nc2ccc(Cl)cn2c1C(O)CC. The van der Waals surface area contributed by atoms with E-state index < -0.39 is 6.10 Å². The van der Waals surface area contributed by atoms with E-state index in [0.29, 0.717) is 18.1 Å². The summed E-state index contributed by atoms with van der Waals surface area (Å²) >= 11 is 6.12. The Labute approximate surface area is 140 Å². The van der Waals surface area contributed by atoms with Gasteiger partial charge in [-0.1, -0.05) is 30.7 Å². The summed E-state index contributed by atoms with van der Waals surface area (Å²) < 4.78 is 7.58. The first-order chi connectivity index (χ1) is 11.2. The molecule has 0 radical (unpaired) electrons. The first-order valence-electron chi connectivity index (χ1n) is 7.73. The molecule has 0 saturated heterocycles. The lowest BCUT2D eigenvalue weighted by Gasteiger charge is -2.13. The van der Waals surface area contributed by atoms with Crippen LogP contribution in [-0.2, 0) is 0 Å². The quantitative estimate of drug-likeness (QED) is 0.749. The lowest BCUT2D eigenvalue weighted by molar-refractivity contribution is 0.168. The normalized spacial score (nSPS) is 12.5. The number of pyridine rings is 1. The van der Waals surface area contributed by atoms with Gasteiger partial charge in [-0.3, -0.25) is 4.40 Å². The summed E-state index contributed by atoms with van der Waals surface area (Å²) in [4.78, 5) is 4.70. The van der Waals surface area contributed by atoms with E-state index in [1.165, 1.54) is 0 Å². The van der Waals surface area contributed by atoms with E-state index in [1.807, 2.05) is 48.6 Å². The molecular formula is C18H19ClN2O2. The van der Waals surface area contributed by atoms with Crippen LogP contribution in [0.1, 0.15) is 32.1 Å². The minimum atomic E-state index is -0.631. The molecule has 3 rings (SSSR count). The molecule has 0 saturated carbocycles. The van der Waals surface area contributed by atoms with Gasteiger partial charge in [-0.2, -0.15) is 0 Å². The third-order valence-corrected chi connectivity index (χ3v) is 3.99. The molecule has 0 aliphatic carbocycles. The van der Waals surface area contributed by atoms with E-state index in [4.69, 9.17) is 21.3 Å². The van der Waals surface area contributed by atoms with Gasteiger partial charge in [0.15, 0.2) is 0 Å². The molecule has 2 aromatic heterocycles. The minimum Gasteiger partial charge on any atom is -0.493 e. The number of fused-ring (bicyclic) bond motifs is 1. The number of para-hydroxylation sites is 1. The third-order valence-electron chi connectivity index (χ3n) is 3.76. The number of rotatable bonds is 5. The van der Waals surface area contributed by atoms with Crippen LogP contribution in [-0.4, -0.2) is 21.1 Å². The molecule has 0 amide bonds. The van der Waals surface area contributed by atoms with Gasteiger partial charge in [0, 0.05) is 11.8 Å². The zero-order chi connectivity index (χ0) is 16.4. The molecule has 1 aromatic carbocycles. The fraction of sp³-hybridized carbons (Fsp3) is 0.278. The van der Waals surface area contributed by atoms with Crippen LogP contribution < -0.4 is 4.74 Å². The van der Waals surface area contributed by atoms with Crippen LogP contribution in [0.5, 0.6) is 5.75 Å². The molecule has 23 heavy (non-hydrogen) atoms. The van der Waals surface area contributed by atoms with Gasteiger partial charge in [0.1, 0.15) is 11.4 Å². The highest BCUT2D eigenvalue weighted by molar-refractivity contribution is 6.30. The van der Waals surface area contributed by atoms with Crippen molar-refractivity contribution >= 4 is 17.2 Å². The second-order valence-electron chi connectivity index (χ2n) is 5.27. The van der Waals surface area contributed by atoms with Crippen molar-refractivity contribution in [1.29, 1.82) is 0 Å². The third kappa shape index (κ3) is 2.92. The molecule has 0 fully saturated rings. The van der Waals surface area contributed by atoms with E-state index in [2.05, 4.69) is 0 Å².